The fraction of sp³-hybridized carbons (Fsp3) is 0.648. The van der Waals surface area contributed by atoms with Crippen LogP contribution < -0.4 is 0 Å². The van der Waals surface area contributed by atoms with E-state index in [0.717, 1.165) is 148 Å². The Balaban J connectivity index is 4.06. The average molecular weight is 1070 g/mol. The van der Waals surface area contributed by atoms with Crippen LogP contribution in [0.4, 0.5) is 0 Å². The summed E-state index contributed by atoms with van der Waals surface area (Å²) in [6.07, 6.45) is 90.7. The molecule has 0 bridgehead atoms. The highest BCUT2D eigenvalue weighted by atomic mass is 16.6. The molecule has 1 unspecified atom stereocenters. The lowest BCUT2D eigenvalue weighted by Crippen LogP contribution is -2.30. The van der Waals surface area contributed by atoms with Crippen LogP contribution in [0.5, 0.6) is 0 Å². The summed E-state index contributed by atoms with van der Waals surface area (Å²) in [7, 11) is 0. The molecule has 0 rings (SSSR count). The van der Waals surface area contributed by atoms with E-state index in [0.29, 0.717) is 19.3 Å². The van der Waals surface area contributed by atoms with Crippen LogP contribution in [-0.4, -0.2) is 37.2 Å². The predicted molar refractivity (Wildman–Crippen MR) is 334 cm³/mol. The second kappa shape index (κ2) is 64.1. The molecule has 0 spiro atoms. The van der Waals surface area contributed by atoms with Crippen LogP contribution in [0.3, 0.4) is 0 Å². The van der Waals surface area contributed by atoms with Gasteiger partial charge in [0.15, 0.2) is 6.10 Å². The third-order valence-electron chi connectivity index (χ3n) is 13.1. The molecule has 0 radical (unpaired) electrons. The maximum absolute atomic E-state index is 12.8. The molecular weight excluding hydrogens is 949 g/mol. The van der Waals surface area contributed by atoms with Gasteiger partial charge in [0.1, 0.15) is 13.2 Å². The van der Waals surface area contributed by atoms with E-state index in [1.165, 1.54) is 89.9 Å². The smallest absolute Gasteiger partial charge is 0.306 e. The molecule has 77 heavy (non-hydrogen) atoms. The third kappa shape index (κ3) is 62.3. The monoisotopic (exact) mass is 1060 g/mol. The summed E-state index contributed by atoms with van der Waals surface area (Å²) in [6, 6.07) is 0. The van der Waals surface area contributed by atoms with Gasteiger partial charge >= 0.3 is 17.9 Å². The molecule has 0 saturated heterocycles. The molecule has 0 aliphatic carbocycles. The first-order chi connectivity index (χ1) is 38.0. The van der Waals surface area contributed by atoms with Crippen LogP contribution in [0.25, 0.3) is 0 Å². The van der Waals surface area contributed by atoms with Gasteiger partial charge in [0.25, 0.3) is 0 Å². The molecule has 0 aromatic heterocycles. The molecule has 0 aliphatic heterocycles. The zero-order valence-electron chi connectivity index (χ0n) is 49.9. The van der Waals surface area contributed by atoms with Gasteiger partial charge in [0, 0.05) is 19.3 Å². The van der Waals surface area contributed by atoms with Gasteiger partial charge < -0.3 is 14.2 Å². The number of carbonyl (C=O) groups excluding carboxylic acids is 3. The van der Waals surface area contributed by atoms with Crippen molar-refractivity contribution in [3.8, 4) is 0 Å². The van der Waals surface area contributed by atoms with Crippen LogP contribution in [-0.2, 0) is 28.6 Å². The summed E-state index contributed by atoms with van der Waals surface area (Å²) in [4.78, 5) is 37.9. The van der Waals surface area contributed by atoms with Crippen molar-refractivity contribution in [2.24, 2.45) is 0 Å². The number of rotatable bonds is 56. The van der Waals surface area contributed by atoms with Gasteiger partial charge in [0.2, 0.25) is 0 Å². The van der Waals surface area contributed by atoms with E-state index in [4.69, 9.17) is 14.2 Å². The van der Waals surface area contributed by atoms with Crippen LogP contribution in [0.15, 0.2) is 134 Å². The van der Waals surface area contributed by atoms with Crippen LogP contribution >= 0.6 is 0 Å². The van der Waals surface area contributed by atoms with Gasteiger partial charge in [-0.2, -0.15) is 0 Å². The largest absolute Gasteiger partial charge is 0.462 e. The van der Waals surface area contributed by atoms with Crippen LogP contribution in [0, 0.1) is 0 Å². The minimum atomic E-state index is -0.786. The number of ether oxygens (including phenoxy) is 3. The van der Waals surface area contributed by atoms with E-state index in [9.17, 15) is 14.4 Å². The molecular formula is C71H116O6. The van der Waals surface area contributed by atoms with Crippen molar-refractivity contribution in [2.75, 3.05) is 13.2 Å². The van der Waals surface area contributed by atoms with E-state index >= 15 is 0 Å². The lowest BCUT2D eigenvalue weighted by Gasteiger charge is -2.18. The molecule has 0 amide bonds. The number of esters is 3. The van der Waals surface area contributed by atoms with E-state index in [-0.39, 0.29) is 31.1 Å². The highest BCUT2D eigenvalue weighted by Crippen LogP contribution is 2.15. The zero-order valence-corrected chi connectivity index (χ0v) is 49.9. The molecule has 6 nitrogen and oxygen atoms in total. The number of carbonyl (C=O) groups is 3. The van der Waals surface area contributed by atoms with Crippen molar-refractivity contribution in [3.63, 3.8) is 0 Å². The summed E-state index contributed by atoms with van der Waals surface area (Å²) in [6.45, 7) is 6.40. The fourth-order valence-electron chi connectivity index (χ4n) is 8.41. The Kier molecular flexibility index (Phi) is 60.4. The summed E-state index contributed by atoms with van der Waals surface area (Å²) < 4.78 is 16.7. The summed E-state index contributed by atoms with van der Waals surface area (Å²) in [5.74, 6) is -0.918. The maximum Gasteiger partial charge on any atom is 0.306 e. The molecule has 0 aliphatic rings. The van der Waals surface area contributed by atoms with Crippen molar-refractivity contribution >= 4 is 17.9 Å². The van der Waals surface area contributed by atoms with Gasteiger partial charge in [-0.1, -0.05) is 270 Å². The Bertz CT molecular complexity index is 1650. The summed E-state index contributed by atoms with van der Waals surface area (Å²) >= 11 is 0. The third-order valence-corrected chi connectivity index (χ3v) is 13.1. The zero-order chi connectivity index (χ0) is 55.7. The standard InChI is InChI=1S/C71H116O6/c1-4-7-10-13-15-17-19-21-23-25-27-28-29-30-31-32-33-34-35-36-37-38-39-40-41-42-44-45-47-49-51-53-55-58-61-64-70(73)76-67-68(66-75-69(72)63-60-57-12-9-6-3)77-71(74)65-62-59-56-54-52-50-48-46-43-26-24-22-20-18-16-14-11-8-5-2/h7,10,15-18,21-24,27-28,30-31,33-34,36-37,39-40,43,46,68H,4-6,8-9,11-14,19-20,25-26,29,32,35,38,41-42,44-45,47-67H2,1-3H3/b10-7-,17-15-,18-16-,23-21-,24-22-,28-27-,31-30-,34-33-,37-36-,40-39-,46-43-. The minimum Gasteiger partial charge on any atom is -0.462 e. The minimum absolute atomic E-state index is 0.0870. The Labute approximate surface area is 475 Å². The molecule has 1 atom stereocenters. The topological polar surface area (TPSA) is 78.9 Å². The van der Waals surface area contributed by atoms with E-state index in [2.05, 4.69) is 154 Å². The Morgan fingerprint density at radius 1 is 0.273 bits per heavy atom. The van der Waals surface area contributed by atoms with Crippen molar-refractivity contribution in [1.29, 1.82) is 0 Å². The molecule has 0 fully saturated rings. The van der Waals surface area contributed by atoms with Crippen molar-refractivity contribution in [3.05, 3.63) is 134 Å². The number of allylic oxidation sites excluding steroid dienone is 22. The normalized spacial score (nSPS) is 13.0. The highest BCUT2D eigenvalue weighted by molar-refractivity contribution is 5.71. The second-order valence-electron chi connectivity index (χ2n) is 20.6. The van der Waals surface area contributed by atoms with Gasteiger partial charge in [0.05, 0.1) is 0 Å². The van der Waals surface area contributed by atoms with Gasteiger partial charge in [-0.05, 0) is 122 Å². The van der Waals surface area contributed by atoms with Gasteiger partial charge in [-0.25, -0.2) is 0 Å². The second-order valence-corrected chi connectivity index (χ2v) is 20.6. The number of hydrogen-bond acceptors (Lipinski definition) is 6. The quantitative estimate of drug-likeness (QED) is 0.0261. The van der Waals surface area contributed by atoms with Crippen LogP contribution in [0.1, 0.15) is 278 Å². The lowest BCUT2D eigenvalue weighted by atomic mass is 10.1. The Hall–Kier alpha value is -4.45. The first kappa shape index (κ1) is 72.5. The van der Waals surface area contributed by atoms with E-state index in [1.807, 2.05) is 0 Å². The molecule has 0 aromatic rings. The molecule has 0 aromatic carbocycles. The van der Waals surface area contributed by atoms with Gasteiger partial charge in [-0.15, -0.1) is 0 Å². The highest BCUT2D eigenvalue weighted by Gasteiger charge is 2.19. The molecule has 6 heteroatoms. The van der Waals surface area contributed by atoms with Crippen molar-refractivity contribution in [2.45, 2.75) is 284 Å². The SMILES string of the molecule is CC/C=C\C/C=C\C/C=C\C/C=C\C/C=C\C/C=C\C/C=C\C/C=C\CCCCCCCCCCCCC(=O)OCC(COC(=O)CCCCCCC)OC(=O)CCCCCCCC/C=C\C/C=C\C/C=C\CCCCC. The van der Waals surface area contributed by atoms with E-state index in [1.54, 1.807) is 0 Å². The average Bonchev–Trinajstić information content (AvgIpc) is 3.43. The Morgan fingerprint density at radius 3 is 0.818 bits per heavy atom. The molecule has 0 saturated carbocycles. The van der Waals surface area contributed by atoms with E-state index < -0.39 is 6.10 Å². The first-order valence-electron chi connectivity index (χ1n) is 31.7. The summed E-state index contributed by atoms with van der Waals surface area (Å²) in [5.41, 5.74) is 0. The molecule has 0 N–H and O–H groups in total. The lowest BCUT2D eigenvalue weighted by molar-refractivity contribution is -0.167. The van der Waals surface area contributed by atoms with Crippen molar-refractivity contribution in [1.82, 2.24) is 0 Å². The first-order valence-corrected chi connectivity index (χ1v) is 31.7. The number of hydrogen-bond donors (Lipinski definition) is 0. The van der Waals surface area contributed by atoms with Gasteiger partial charge in [-0.3, -0.25) is 14.4 Å². The maximum atomic E-state index is 12.8. The van der Waals surface area contributed by atoms with Crippen molar-refractivity contribution < 1.29 is 28.6 Å². The molecule has 0 heterocycles. The summed E-state index contributed by atoms with van der Waals surface area (Å²) in [5, 5.41) is 0. The predicted octanol–water partition coefficient (Wildman–Crippen LogP) is 21.8. The number of unbranched alkanes of at least 4 members (excludes halogenated alkanes) is 23. The fourth-order valence-corrected chi connectivity index (χ4v) is 8.41. The Morgan fingerprint density at radius 2 is 0.506 bits per heavy atom. The van der Waals surface area contributed by atoms with Crippen LogP contribution in [0.2, 0.25) is 0 Å². The molecule has 436 valence electrons.